The van der Waals surface area contributed by atoms with Crippen molar-refractivity contribution in [1.29, 1.82) is 0 Å². The molecule has 0 saturated heterocycles. The zero-order chi connectivity index (χ0) is 23.4. The van der Waals surface area contributed by atoms with Crippen molar-refractivity contribution in [3.8, 4) is 11.4 Å². The first-order valence-corrected chi connectivity index (χ1v) is 9.93. The Morgan fingerprint density at radius 3 is 2.31 bits per heavy atom. The van der Waals surface area contributed by atoms with Gasteiger partial charge >= 0.3 is 0 Å². The van der Waals surface area contributed by atoms with Crippen LogP contribution in [0.2, 0.25) is 0 Å². The Morgan fingerprint density at radius 2 is 1.69 bits per heavy atom. The molecule has 8 heteroatoms. The Morgan fingerprint density at radius 1 is 1.00 bits per heavy atom. The van der Waals surface area contributed by atoms with Crippen LogP contribution in [0.25, 0.3) is 5.69 Å². The largest absolute Gasteiger partial charge is 0.496 e. The van der Waals surface area contributed by atoms with E-state index in [0.717, 1.165) is 11.4 Å². The molecule has 7 nitrogen and oxygen atoms in total. The minimum Gasteiger partial charge on any atom is -0.496 e. The molecule has 3 aromatic rings. The van der Waals surface area contributed by atoms with Crippen molar-refractivity contribution in [2.24, 2.45) is 0 Å². The maximum Gasteiger partial charge on any atom is 0.271 e. The minimum atomic E-state index is -0.482. The van der Waals surface area contributed by atoms with Gasteiger partial charge in [0.05, 0.1) is 19.1 Å². The molecule has 0 atom stereocenters. The number of carbonyl (C=O) groups excluding carboxylic acids is 3. The van der Waals surface area contributed by atoms with Gasteiger partial charge in [-0.1, -0.05) is 0 Å². The number of Topliss-reactive ketones (excluding diaryl/α,β-unsaturated/α-hetero) is 1. The number of hydrogen-bond acceptors (Lipinski definition) is 4. The number of methoxy groups -OCH3 is 1. The lowest BCUT2D eigenvalue weighted by atomic mass is 10.0. The number of hydrogen-bond donors (Lipinski definition) is 2. The van der Waals surface area contributed by atoms with E-state index in [9.17, 15) is 18.8 Å². The maximum atomic E-state index is 13.2. The number of aromatic nitrogens is 1. The van der Waals surface area contributed by atoms with Gasteiger partial charge in [-0.05, 0) is 69.3 Å². The van der Waals surface area contributed by atoms with Crippen LogP contribution in [0.4, 0.5) is 4.39 Å². The van der Waals surface area contributed by atoms with Gasteiger partial charge in [0.2, 0.25) is 5.91 Å². The highest BCUT2D eigenvalue weighted by molar-refractivity contribution is 5.97. The normalized spacial score (nSPS) is 10.5. The molecular formula is C24H24FN3O4. The summed E-state index contributed by atoms with van der Waals surface area (Å²) in [5, 5.41) is 0. The van der Waals surface area contributed by atoms with Gasteiger partial charge in [0.25, 0.3) is 5.91 Å². The number of nitrogens with one attached hydrogen (secondary N) is 2. The lowest BCUT2D eigenvalue weighted by molar-refractivity contribution is -0.121. The van der Waals surface area contributed by atoms with E-state index < -0.39 is 11.8 Å². The van der Waals surface area contributed by atoms with Gasteiger partial charge in [-0.25, -0.2) is 4.39 Å². The molecule has 2 amide bonds. The predicted octanol–water partition coefficient (Wildman–Crippen LogP) is 3.45. The summed E-state index contributed by atoms with van der Waals surface area (Å²) in [6.07, 6.45) is -0.0842. The smallest absolute Gasteiger partial charge is 0.271 e. The van der Waals surface area contributed by atoms with E-state index in [1.807, 2.05) is 11.5 Å². The molecule has 0 saturated carbocycles. The molecule has 0 aliphatic heterocycles. The van der Waals surface area contributed by atoms with E-state index in [0.29, 0.717) is 28.1 Å². The number of halogens is 1. The zero-order valence-corrected chi connectivity index (χ0v) is 18.3. The predicted molar refractivity (Wildman–Crippen MR) is 118 cm³/mol. The molecule has 2 N–H and O–H groups in total. The molecule has 0 fully saturated rings. The number of carbonyl (C=O) groups is 3. The van der Waals surface area contributed by atoms with E-state index in [-0.39, 0.29) is 18.0 Å². The monoisotopic (exact) mass is 437 g/mol. The fourth-order valence-electron chi connectivity index (χ4n) is 3.53. The summed E-state index contributed by atoms with van der Waals surface area (Å²) >= 11 is 0. The van der Waals surface area contributed by atoms with Crippen LogP contribution >= 0.6 is 0 Å². The molecule has 1 heterocycles. The summed E-state index contributed by atoms with van der Waals surface area (Å²) in [5.41, 5.74) is 8.34. The second-order valence-corrected chi connectivity index (χ2v) is 7.36. The second-order valence-electron chi connectivity index (χ2n) is 7.36. The number of amides is 2. The topological polar surface area (TPSA) is 89.4 Å². The number of rotatable bonds is 6. The average Bonchev–Trinajstić information content (AvgIpc) is 3.06. The van der Waals surface area contributed by atoms with Crippen LogP contribution in [0.15, 0.2) is 48.5 Å². The Hall–Kier alpha value is -3.94. The van der Waals surface area contributed by atoms with Crippen LogP contribution in [0.1, 0.15) is 44.6 Å². The van der Waals surface area contributed by atoms with Crippen LogP contribution in [0, 0.1) is 19.7 Å². The van der Waals surface area contributed by atoms with Crippen LogP contribution in [0.3, 0.4) is 0 Å². The number of ether oxygens (including phenoxy) is 1. The first kappa shape index (κ1) is 22.7. The first-order chi connectivity index (χ1) is 15.2. The third-order valence-corrected chi connectivity index (χ3v) is 5.11. The molecule has 3 rings (SSSR count). The molecule has 0 aliphatic rings. The van der Waals surface area contributed by atoms with Crippen molar-refractivity contribution in [2.45, 2.75) is 27.2 Å². The number of aryl methyl sites for hydroxylation is 1. The molecule has 0 aliphatic carbocycles. The number of hydrazine groups is 1. The van der Waals surface area contributed by atoms with Crippen LogP contribution < -0.4 is 15.6 Å². The molecule has 32 heavy (non-hydrogen) atoms. The summed E-state index contributed by atoms with van der Waals surface area (Å²) in [6, 6.07) is 12.5. The van der Waals surface area contributed by atoms with Gasteiger partial charge in [0.1, 0.15) is 11.6 Å². The van der Waals surface area contributed by atoms with Crippen molar-refractivity contribution in [1.82, 2.24) is 15.4 Å². The Kier molecular flexibility index (Phi) is 6.73. The third-order valence-electron chi connectivity index (χ3n) is 5.11. The van der Waals surface area contributed by atoms with E-state index in [2.05, 4.69) is 10.9 Å². The molecule has 0 unspecified atom stereocenters. The maximum absolute atomic E-state index is 13.2. The lowest BCUT2D eigenvalue weighted by Gasteiger charge is -2.12. The standard InChI is InChI=1S/C24H24FN3O4/c1-14-11-21(15(2)28(14)20-8-6-19(25)7-9-20)24(31)27-26-23(30)13-18-12-17(16(3)29)5-10-22(18)32-4/h5-12H,13H2,1-4H3,(H,26,30)(H,27,31). The third kappa shape index (κ3) is 4.85. The molecular weight excluding hydrogens is 413 g/mol. The van der Waals surface area contributed by atoms with E-state index in [1.165, 1.54) is 26.2 Å². The van der Waals surface area contributed by atoms with Crippen molar-refractivity contribution in [3.05, 3.63) is 82.4 Å². The highest BCUT2D eigenvalue weighted by atomic mass is 19.1. The van der Waals surface area contributed by atoms with Gasteiger partial charge in [-0.15, -0.1) is 0 Å². The van der Waals surface area contributed by atoms with Crippen molar-refractivity contribution < 1.29 is 23.5 Å². The summed E-state index contributed by atoms with van der Waals surface area (Å²) < 4.78 is 20.3. The van der Waals surface area contributed by atoms with Crippen LogP contribution in [-0.2, 0) is 11.2 Å². The van der Waals surface area contributed by atoms with Gasteiger partial charge < -0.3 is 9.30 Å². The SMILES string of the molecule is COc1ccc(C(C)=O)cc1CC(=O)NNC(=O)c1cc(C)n(-c2ccc(F)cc2)c1C. The molecule has 166 valence electrons. The Bertz CT molecular complexity index is 1180. The minimum absolute atomic E-state index is 0.0842. The van der Waals surface area contributed by atoms with Crippen molar-refractivity contribution >= 4 is 17.6 Å². The number of benzene rings is 2. The second kappa shape index (κ2) is 9.47. The van der Waals surface area contributed by atoms with E-state index in [1.54, 1.807) is 43.3 Å². The fraction of sp³-hybridized carbons (Fsp3) is 0.208. The molecule has 2 aromatic carbocycles. The van der Waals surface area contributed by atoms with Crippen molar-refractivity contribution in [3.63, 3.8) is 0 Å². The molecule has 0 radical (unpaired) electrons. The van der Waals surface area contributed by atoms with E-state index in [4.69, 9.17) is 4.74 Å². The lowest BCUT2D eigenvalue weighted by Crippen LogP contribution is -2.42. The van der Waals surface area contributed by atoms with Gasteiger partial charge in [0, 0.05) is 28.2 Å². The zero-order valence-electron chi connectivity index (χ0n) is 18.3. The number of ketones is 1. The highest BCUT2D eigenvalue weighted by Gasteiger charge is 2.18. The molecule has 0 spiro atoms. The fourth-order valence-corrected chi connectivity index (χ4v) is 3.53. The van der Waals surface area contributed by atoms with Gasteiger partial charge in [0.15, 0.2) is 5.78 Å². The molecule has 0 bridgehead atoms. The average molecular weight is 437 g/mol. The van der Waals surface area contributed by atoms with Gasteiger partial charge in [-0.3, -0.25) is 25.2 Å². The van der Waals surface area contributed by atoms with Crippen LogP contribution in [0.5, 0.6) is 5.75 Å². The van der Waals surface area contributed by atoms with Gasteiger partial charge in [-0.2, -0.15) is 0 Å². The summed E-state index contributed by atoms with van der Waals surface area (Å²) in [6.45, 7) is 5.04. The highest BCUT2D eigenvalue weighted by Crippen LogP contribution is 2.22. The quantitative estimate of drug-likeness (QED) is 0.457. The first-order valence-electron chi connectivity index (χ1n) is 9.93. The Labute approximate surface area is 185 Å². The van der Waals surface area contributed by atoms with E-state index >= 15 is 0 Å². The summed E-state index contributed by atoms with van der Waals surface area (Å²) in [4.78, 5) is 36.7. The Balaban J connectivity index is 1.71. The summed E-state index contributed by atoms with van der Waals surface area (Å²) in [5.74, 6) is -0.949. The summed E-state index contributed by atoms with van der Waals surface area (Å²) in [7, 11) is 1.48. The molecule has 1 aromatic heterocycles. The van der Waals surface area contributed by atoms with Crippen LogP contribution in [-0.4, -0.2) is 29.3 Å². The number of nitrogens with zero attached hydrogens (tertiary/aromatic N) is 1. The van der Waals surface area contributed by atoms with Crippen molar-refractivity contribution in [2.75, 3.05) is 7.11 Å².